The third-order valence-electron chi connectivity index (χ3n) is 15.3. The summed E-state index contributed by atoms with van der Waals surface area (Å²) < 4.78 is 11.2. The number of anilines is 1. The van der Waals surface area contributed by atoms with E-state index in [1.54, 1.807) is 68.9 Å². The van der Waals surface area contributed by atoms with Crippen LogP contribution in [-0.4, -0.2) is 215 Å². The lowest BCUT2D eigenvalue weighted by Gasteiger charge is -2.37. The standard InChI is InChI=1S/C36H55N7O8.C19H39N3O3.C4H10N2O.C3H8.C2H2.CH4O/c1-23(2)33(41-30(46)11-12-32(48)42-16-13-26(21-44)14-17-42)36(50)38-20-31(47)39-27-9-7-25(8-10-27)18-28(19-37)40-35(49)24(3)34(51-4)29-6-5-15-43(29)22-45;1-10-14(5)18(15(11-2)25-9)22(8)16(23)12-20-19(24)17(13(3)4)21(6)7;1-2-3-6-4(5)7;1-3-2;2*1-2/h7-10,21-24,26,28-29,33-34H,5-6,11-20,37H2,1-4H3,(H,38,50)(H,39,47)(H,40,49)(H,41,46);13-15,17-18H,10-12H2,1-9H3,(H,20,24);2-3H2,1H3,(H3,5,6,7);3H2,1-2H3;1-2H;2H,1H3/t24-,28+,29+,33?,34-;14-,15?,17?,18?;;;;/m10..../s1. The number of methoxy groups -OCH3 is 2. The largest absolute Gasteiger partial charge is 0.400 e. The van der Waals surface area contributed by atoms with Crippen LogP contribution in [0.3, 0.4) is 0 Å². The van der Waals surface area contributed by atoms with Crippen molar-refractivity contribution in [2.24, 2.45) is 41.1 Å². The summed E-state index contributed by atoms with van der Waals surface area (Å²) in [6, 6.07) is 4.97. The minimum atomic E-state index is -0.892. The molecule has 0 aromatic heterocycles. The molecule has 2 aliphatic rings. The van der Waals surface area contributed by atoms with Crippen LogP contribution in [0.4, 0.5) is 10.5 Å². The van der Waals surface area contributed by atoms with E-state index in [0.717, 1.165) is 57.5 Å². The number of aldehydes is 1. The van der Waals surface area contributed by atoms with E-state index < -0.39 is 41.8 Å². The van der Waals surface area contributed by atoms with Crippen molar-refractivity contribution < 1.29 is 62.5 Å². The molecule has 1 aromatic rings. The minimum Gasteiger partial charge on any atom is -0.400 e. The molecule has 25 nitrogen and oxygen atoms in total. The molecule has 90 heavy (non-hydrogen) atoms. The van der Waals surface area contributed by atoms with Gasteiger partial charge in [0.15, 0.2) is 0 Å². The summed E-state index contributed by atoms with van der Waals surface area (Å²) in [4.78, 5) is 128. The Morgan fingerprint density at radius 1 is 0.744 bits per heavy atom. The molecule has 4 unspecified atom stereocenters. The molecule has 1 aromatic carbocycles. The Morgan fingerprint density at radius 3 is 1.77 bits per heavy atom. The highest BCUT2D eigenvalue weighted by Crippen LogP contribution is 2.26. The van der Waals surface area contributed by atoms with Crippen molar-refractivity contribution in [2.75, 3.05) is 93.6 Å². The SMILES string of the molecule is C#C.CCC.CCC(OC)C([C@@H](C)CC)N(C)C(=O)CNC(=O)C(C(C)C)N(C)C.CCCNC(N)=O.CO.CO[C@H]([C@@H](C)C(=O)N[C@H](CN)Cc1ccc(NC(=O)CNC(=O)C(NC(=O)CCC(=O)N2CCC(C=O)CC2)C(C)C)cc1)[C@@H]1CCCN1C=O. The average Bonchev–Trinajstić information content (AvgIpc) is 1.77. The van der Waals surface area contributed by atoms with E-state index in [4.69, 9.17) is 26.0 Å². The van der Waals surface area contributed by atoms with Crippen molar-refractivity contribution in [3.8, 4) is 12.8 Å². The molecule has 2 aliphatic heterocycles. The molecule has 0 radical (unpaired) electrons. The van der Waals surface area contributed by atoms with Gasteiger partial charge in [0.25, 0.3) is 0 Å². The normalized spacial score (nSPS) is 16.1. The predicted octanol–water partition coefficient (Wildman–Crippen LogP) is 3.68. The van der Waals surface area contributed by atoms with Crippen LogP contribution in [0.5, 0.6) is 0 Å². The van der Waals surface area contributed by atoms with Crippen molar-refractivity contribution in [2.45, 2.75) is 189 Å². The van der Waals surface area contributed by atoms with Gasteiger partial charge in [-0.1, -0.05) is 101 Å². The first-order valence-corrected chi connectivity index (χ1v) is 31.7. The number of rotatable bonds is 32. The van der Waals surface area contributed by atoms with Crippen molar-refractivity contribution in [1.82, 2.24) is 46.2 Å². The average molecular weight is 1280 g/mol. The van der Waals surface area contributed by atoms with Gasteiger partial charge in [-0.3, -0.25) is 43.3 Å². The number of likely N-dealkylation sites (N-methyl/N-ethyl adjacent to an activating group) is 2. The fourth-order valence-corrected chi connectivity index (χ4v) is 10.3. The van der Waals surface area contributed by atoms with Crippen LogP contribution in [-0.2, 0) is 59.0 Å². The van der Waals surface area contributed by atoms with E-state index in [-0.39, 0.29) is 104 Å². The van der Waals surface area contributed by atoms with Gasteiger partial charge in [0.2, 0.25) is 47.8 Å². The van der Waals surface area contributed by atoms with Crippen molar-refractivity contribution in [3.05, 3.63) is 29.8 Å². The number of amides is 10. The third-order valence-corrected chi connectivity index (χ3v) is 15.3. The molecule has 10 amide bonds. The first-order valence-electron chi connectivity index (χ1n) is 31.7. The zero-order chi connectivity index (χ0) is 69.6. The summed E-state index contributed by atoms with van der Waals surface area (Å²) in [5.74, 6) is -2.29. The highest BCUT2D eigenvalue weighted by molar-refractivity contribution is 5.96. The second-order valence-corrected chi connectivity index (χ2v) is 23.2. The van der Waals surface area contributed by atoms with Crippen LogP contribution in [0.25, 0.3) is 0 Å². The van der Waals surface area contributed by atoms with E-state index >= 15 is 0 Å². The number of primary amides is 1. The quantitative estimate of drug-likeness (QED) is 0.0367. The van der Waals surface area contributed by atoms with Gasteiger partial charge in [-0.2, -0.15) is 0 Å². The number of likely N-dealkylation sites (tertiary alicyclic amines) is 2. The number of benzene rings is 1. The van der Waals surface area contributed by atoms with Gasteiger partial charge in [0.1, 0.15) is 12.3 Å². The number of hydrogen-bond donors (Lipinski definition) is 9. The molecule has 0 bridgehead atoms. The lowest BCUT2D eigenvalue weighted by molar-refractivity contribution is -0.138. The van der Waals surface area contributed by atoms with E-state index in [9.17, 15) is 47.9 Å². The molecular weight excluding hydrogens is 1160 g/mol. The van der Waals surface area contributed by atoms with E-state index in [1.807, 2.05) is 51.9 Å². The number of aliphatic hydroxyl groups excluding tert-OH is 1. The number of urea groups is 1. The molecule has 9 atom stereocenters. The maximum Gasteiger partial charge on any atom is 0.312 e. The molecule has 516 valence electrons. The number of carbonyl (C=O) groups excluding carboxylic acids is 10. The summed E-state index contributed by atoms with van der Waals surface area (Å²) in [5.41, 5.74) is 12.1. The maximum atomic E-state index is 13.1. The van der Waals surface area contributed by atoms with Crippen molar-refractivity contribution >= 4 is 65.8 Å². The Balaban J connectivity index is -0.00000161. The minimum absolute atomic E-state index is 0.000790. The lowest BCUT2D eigenvalue weighted by atomic mass is 9.91. The summed E-state index contributed by atoms with van der Waals surface area (Å²) in [6.07, 6.45) is 16.5. The smallest absolute Gasteiger partial charge is 0.312 e. The van der Waals surface area contributed by atoms with Gasteiger partial charge in [0.05, 0.1) is 49.3 Å². The zero-order valence-electron chi connectivity index (χ0n) is 57.6. The zero-order valence-corrected chi connectivity index (χ0v) is 57.6. The maximum absolute atomic E-state index is 13.1. The van der Waals surface area contributed by atoms with Crippen LogP contribution >= 0.6 is 0 Å². The molecule has 2 fully saturated rings. The first kappa shape index (κ1) is 87.5. The van der Waals surface area contributed by atoms with Gasteiger partial charge < -0.3 is 77.4 Å². The number of nitrogens with zero attached hydrogens (tertiary/aromatic N) is 4. The van der Waals surface area contributed by atoms with Crippen LogP contribution in [0.2, 0.25) is 0 Å². The first-order chi connectivity index (χ1) is 42.7. The predicted molar refractivity (Wildman–Crippen MR) is 354 cm³/mol. The number of nitrogens with two attached hydrogens (primary N) is 2. The van der Waals surface area contributed by atoms with Crippen LogP contribution < -0.4 is 43.4 Å². The van der Waals surface area contributed by atoms with Crippen molar-refractivity contribution in [3.63, 3.8) is 0 Å². The number of carbonyl (C=O) groups is 10. The van der Waals surface area contributed by atoms with Gasteiger partial charge >= 0.3 is 6.03 Å². The highest BCUT2D eigenvalue weighted by atomic mass is 16.5. The molecule has 2 saturated heterocycles. The van der Waals surface area contributed by atoms with E-state index in [1.165, 1.54) is 6.42 Å². The Morgan fingerprint density at radius 2 is 1.32 bits per heavy atom. The van der Waals surface area contributed by atoms with Gasteiger partial charge in [-0.05, 0) is 94.5 Å². The number of ether oxygens (including phenoxy) is 2. The molecule has 0 aliphatic carbocycles. The van der Waals surface area contributed by atoms with Crippen LogP contribution in [0.15, 0.2) is 24.3 Å². The second-order valence-electron chi connectivity index (χ2n) is 23.2. The fraction of sp³-hybridized carbons (Fsp3) is 0.723. The molecule has 3 rings (SSSR count). The van der Waals surface area contributed by atoms with E-state index in [0.29, 0.717) is 57.0 Å². The lowest BCUT2D eigenvalue weighted by Crippen LogP contribution is -2.53. The third kappa shape index (κ3) is 33.9. The topological polar surface area (TPSA) is 347 Å². The monoisotopic (exact) mass is 1270 g/mol. The summed E-state index contributed by atoms with van der Waals surface area (Å²) in [7, 11) is 9.79. The number of terminal acetylenes is 1. The Labute approximate surface area is 539 Å². The molecular formula is C65H118N12O13. The Bertz CT molecular complexity index is 2220. The summed E-state index contributed by atoms with van der Waals surface area (Å²) >= 11 is 0. The highest BCUT2D eigenvalue weighted by Gasteiger charge is 2.38. The molecule has 0 spiro atoms. The van der Waals surface area contributed by atoms with Crippen molar-refractivity contribution in [1.29, 1.82) is 0 Å². The van der Waals surface area contributed by atoms with Gasteiger partial charge in [-0.25, -0.2) is 4.79 Å². The fourth-order valence-electron chi connectivity index (χ4n) is 10.3. The number of hydrogen-bond acceptors (Lipinski definition) is 15. The Kier molecular flexibility index (Phi) is 49.5. The van der Waals surface area contributed by atoms with Gasteiger partial charge in [0, 0.05) is 91.6 Å². The number of piperidine rings is 1. The number of aliphatic hydroxyl groups is 1. The summed E-state index contributed by atoms with van der Waals surface area (Å²) in [5, 5.41) is 23.2. The van der Waals surface area contributed by atoms with E-state index in [2.05, 4.69) is 79.4 Å². The Hall–Kier alpha value is -6.72. The van der Waals surface area contributed by atoms with Gasteiger partial charge in [-0.15, -0.1) is 12.8 Å². The molecule has 11 N–H and O–H groups in total. The molecule has 25 heteroatoms. The molecule has 2 heterocycles. The number of nitrogens with one attached hydrogen (secondary N) is 6. The van der Waals surface area contributed by atoms with Crippen LogP contribution in [0, 0.1) is 42.4 Å². The van der Waals surface area contributed by atoms with Crippen LogP contribution in [0.1, 0.15) is 146 Å². The molecule has 0 saturated carbocycles. The second kappa shape index (κ2) is 51.0. The summed E-state index contributed by atoms with van der Waals surface area (Å²) in [6.45, 7) is 24.1.